The summed E-state index contributed by atoms with van der Waals surface area (Å²) in [7, 11) is 1.63. The Balaban J connectivity index is 1.31. The molecular weight excluding hydrogens is 474 g/mol. The van der Waals surface area contributed by atoms with E-state index in [0.717, 1.165) is 22.5 Å². The number of hydrogen-bond acceptors (Lipinski definition) is 6. The summed E-state index contributed by atoms with van der Waals surface area (Å²) in [5.41, 5.74) is 3.88. The molecule has 2 aliphatic heterocycles. The number of nitrogens with one attached hydrogen (secondary N) is 1. The topological polar surface area (TPSA) is 76.2 Å². The molecule has 0 atom stereocenters. The fourth-order valence-corrected chi connectivity index (χ4v) is 5.31. The Hall–Kier alpha value is -4.17. The van der Waals surface area contributed by atoms with Gasteiger partial charge in [0.05, 0.1) is 17.7 Å². The van der Waals surface area contributed by atoms with E-state index in [9.17, 15) is 4.79 Å². The summed E-state index contributed by atoms with van der Waals surface area (Å²) in [5, 5.41) is 1.82. The summed E-state index contributed by atoms with van der Waals surface area (Å²) in [6.07, 6.45) is 4.60. The number of fused-ring (bicyclic) bond motifs is 2. The van der Waals surface area contributed by atoms with E-state index in [1.807, 2.05) is 66.9 Å². The van der Waals surface area contributed by atoms with E-state index in [0.29, 0.717) is 34.5 Å². The quantitative estimate of drug-likeness (QED) is 0.343. The molecule has 1 fully saturated rings. The van der Waals surface area contributed by atoms with Gasteiger partial charge in [0.2, 0.25) is 6.79 Å². The van der Waals surface area contributed by atoms with Gasteiger partial charge in [-0.05, 0) is 77.9 Å². The van der Waals surface area contributed by atoms with Gasteiger partial charge in [-0.1, -0.05) is 24.3 Å². The fourth-order valence-electron chi connectivity index (χ4n) is 4.28. The van der Waals surface area contributed by atoms with Crippen LogP contribution >= 0.6 is 11.8 Å². The lowest BCUT2D eigenvalue weighted by Gasteiger charge is -2.15. The van der Waals surface area contributed by atoms with Crippen LogP contribution in [0.25, 0.3) is 17.0 Å². The number of methoxy groups -OCH3 is 1. The Bertz CT molecular complexity index is 1510. The Morgan fingerprint density at radius 3 is 2.78 bits per heavy atom. The fraction of sp³-hybridized carbons (Fsp3) is 0.143. The first-order chi connectivity index (χ1) is 17.7. The van der Waals surface area contributed by atoms with Crippen LogP contribution in [0.2, 0.25) is 0 Å². The van der Waals surface area contributed by atoms with Crippen LogP contribution in [0.1, 0.15) is 11.1 Å². The Labute approximate surface area is 212 Å². The van der Waals surface area contributed by atoms with Crippen LogP contribution in [-0.2, 0) is 11.2 Å². The number of para-hydroxylation sites is 1. The Morgan fingerprint density at radius 1 is 1.08 bits per heavy atom. The van der Waals surface area contributed by atoms with Crippen LogP contribution in [-0.4, -0.2) is 41.4 Å². The number of nitrogens with zero attached hydrogens (tertiary/aromatic N) is 2. The number of carbonyl (C=O) groups excluding carboxylic acids is 1. The molecule has 7 nitrogen and oxygen atoms in total. The van der Waals surface area contributed by atoms with Crippen LogP contribution in [0.5, 0.6) is 17.2 Å². The van der Waals surface area contributed by atoms with Crippen LogP contribution in [0.4, 0.5) is 5.69 Å². The number of thioether (sulfide) groups is 1. The van der Waals surface area contributed by atoms with Crippen LogP contribution in [0.3, 0.4) is 0 Å². The summed E-state index contributed by atoms with van der Waals surface area (Å²) < 4.78 is 16.2. The molecule has 0 aliphatic carbocycles. The smallest absolute Gasteiger partial charge is 0.266 e. The number of amides is 1. The maximum atomic E-state index is 13.5. The molecule has 2 aliphatic rings. The lowest BCUT2D eigenvalue weighted by molar-refractivity contribution is -0.122. The van der Waals surface area contributed by atoms with E-state index in [1.54, 1.807) is 12.0 Å². The number of amidine groups is 1. The third-order valence-corrected chi connectivity index (χ3v) is 7.17. The van der Waals surface area contributed by atoms with Crippen molar-refractivity contribution in [3.63, 3.8) is 0 Å². The zero-order valence-corrected chi connectivity index (χ0v) is 20.4. The highest BCUT2D eigenvalue weighted by atomic mass is 32.2. The standard InChI is InChI=1S/C28H23N3O4S/c1-33-21-9-7-20(8-10-21)30-28-31(13-12-19-16-29-23-5-3-2-4-22(19)23)27(32)26(36-28)15-18-6-11-24-25(14-18)35-17-34-24/h2-11,14-16,29H,12-13,17H2,1H3/b26-15+,30-28?. The molecule has 1 N–H and O–H groups in total. The van der Waals surface area contributed by atoms with Gasteiger partial charge in [-0.3, -0.25) is 9.69 Å². The SMILES string of the molecule is COc1ccc(N=C2S/C(=C/c3ccc4c(c3)OCO4)C(=O)N2CCc2c[nH]c3ccccc23)cc1. The molecular formula is C28H23N3O4S. The highest BCUT2D eigenvalue weighted by Gasteiger charge is 2.33. The molecule has 0 spiro atoms. The lowest BCUT2D eigenvalue weighted by Crippen LogP contribution is -2.31. The second-order valence-electron chi connectivity index (χ2n) is 8.38. The molecule has 0 unspecified atom stereocenters. The number of benzene rings is 3. The average molecular weight is 498 g/mol. The lowest BCUT2D eigenvalue weighted by atomic mass is 10.1. The van der Waals surface area contributed by atoms with Crippen LogP contribution < -0.4 is 14.2 Å². The molecule has 0 bridgehead atoms. The summed E-state index contributed by atoms with van der Waals surface area (Å²) in [6, 6.07) is 21.3. The highest BCUT2D eigenvalue weighted by molar-refractivity contribution is 8.18. The molecule has 1 amide bonds. The monoisotopic (exact) mass is 497 g/mol. The summed E-state index contributed by atoms with van der Waals surface area (Å²) >= 11 is 1.38. The minimum Gasteiger partial charge on any atom is -0.497 e. The molecule has 0 saturated carbocycles. The van der Waals surface area contributed by atoms with E-state index >= 15 is 0 Å². The van der Waals surface area contributed by atoms with Crippen molar-refractivity contribution in [3.05, 3.63) is 89.0 Å². The number of H-pyrrole nitrogens is 1. The van der Waals surface area contributed by atoms with Crippen molar-refractivity contribution in [1.82, 2.24) is 9.88 Å². The first-order valence-corrected chi connectivity index (χ1v) is 12.4. The van der Waals surface area contributed by atoms with E-state index in [4.69, 9.17) is 19.2 Å². The van der Waals surface area contributed by atoms with Crippen molar-refractivity contribution in [2.75, 3.05) is 20.4 Å². The molecule has 1 saturated heterocycles. The number of ether oxygens (including phenoxy) is 3. The van der Waals surface area contributed by atoms with E-state index in [2.05, 4.69) is 17.1 Å². The number of aromatic nitrogens is 1. The molecule has 8 heteroatoms. The normalized spacial score (nSPS) is 17.0. The van der Waals surface area contributed by atoms with Gasteiger partial charge in [0.15, 0.2) is 16.7 Å². The van der Waals surface area contributed by atoms with Gasteiger partial charge >= 0.3 is 0 Å². The predicted octanol–water partition coefficient (Wildman–Crippen LogP) is 5.75. The Morgan fingerprint density at radius 2 is 1.92 bits per heavy atom. The van der Waals surface area contributed by atoms with E-state index in [-0.39, 0.29) is 12.7 Å². The highest BCUT2D eigenvalue weighted by Crippen LogP contribution is 2.37. The maximum absolute atomic E-state index is 13.5. The van der Waals surface area contributed by atoms with Gasteiger partial charge in [-0.2, -0.15) is 0 Å². The first kappa shape index (κ1) is 22.3. The number of aromatic amines is 1. The molecule has 36 heavy (non-hydrogen) atoms. The van der Waals surface area contributed by atoms with Crippen LogP contribution in [0.15, 0.2) is 82.8 Å². The summed E-state index contributed by atoms with van der Waals surface area (Å²) in [6.45, 7) is 0.727. The van der Waals surface area contributed by atoms with E-state index in [1.165, 1.54) is 22.7 Å². The van der Waals surface area contributed by atoms with Crippen molar-refractivity contribution in [1.29, 1.82) is 0 Å². The minimum atomic E-state index is -0.0650. The molecule has 6 rings (SSSR count). The van der Waals surface area contributed by atoms with Crippen molar-refractivity contribution >= 4 is 45.5 Å². The molecule has 0 radical (unpaired) electrons. The van der Waals surface area contributed by atoms with E-state index < -0.39 is 0 Å². The van der Waals surface area contributed by atoms with Crippen molar-refractivity contribution in [2.24, 2.45) is 4.99 Å². The summed E-state index contributed by atoms with van der Waals surface area (Å²) in [4.78, 5) is 24.0. The molecule has 1 aromatic heterocycles. The molecule has 3 heterocycles. The van der Waals surface area contributed by atoms with Crippen molar-refractivity contribution in [2.45, 2.75) is 6.42 Å². The molecule has 4 aromatic rings. The molecule has 3 aromatic carbocycles. The zero-order chi connectivity index (χ0) is 24.5. The van der Waals surface area contributed by atoms with Crippen molar-refractivity contribution in [3.8, 4) is 17.2 Å². The van der Waals surface area contributed by atoms with Gasteiger partial charge in [0.25, 0.3) is 5.91 Å². The number of hydrogen-bond donors (Lipinski definition) is 1. The minimum absolute atomic E-state index is 0.0650. The largest absolute Gasteiger partial charge is 0.497 e. The number of carbonyl (C=O) groups is 1. The van der Waals surface area contributed by atoms with Crippen molar-refractivity contribution < 1.29 is 19.0 Å². The molecule has 180 valence electrons. The second-order valence-corrected chi connectivity index (χ2v) is 9.39. The predicted molar refractivity (Wildman–Crippen MR) is 142 cm³/mol. The van der Waals surface area contributed by atoms with Crippen LogP contribution in [0, 0.1) is 0 Å². The average Bonchev–Trinajstić information content (AvgIpc) is 3.61. The summed E-state index contributed by atoms with van der Waals surface area (Å²) in [5.74, 6) is 2.09. The third kappa shape index (κ3) is 4.31. The zero-order valence-electron chi connectivity index (χ0n) is 19.6. The third-order valence-electron chi connectivity index (χ3n) is 6.16. The van der Waals surface area contributed by atoms with Gasteiger partial charge in [-0.25, -0.2) is 4.99 Å². The van der Waals surface area contributed by atoms with Gasteiger partial charge in [0.1, 0.15) is 5.75 Å². The van der Waals surface area contributed by atoms with Gasteiger partial charge in [-0.15, -0.1) is 0 Å². The second kappa shape index (κ2) is 9.47. The van der Waals surface area contributed by atoms with Gasteiger partial charge < -0.3 is 19.2 Å². The number of rotatable bonds is 6. The maximum Gasteiger partial charge on any atom is 0.266 e. The van der Waals surface area contributed by atoms with Gasteiger partial charge in [0, 0.05) is 23.6 Å². The Kier molecular flexibility index (Phi) is 5.87. The first-order valence-electron chi connectivity index (χ1n) is 11.6. The number of aliphatic imine (C=N–C) groups is 1.